The van der Waals surface area contributed by atoms with Gasteiger partial charge < -0.3 is 15.3 Å². The Kier molecular flexibility index (Phi) is 4.15. The zero-order chi connectivity index (χ0) is 19.1. The van der Waals surface area contributed by atoms with E-state index >= 15 is 0 Å². The first-order valence-corrected chi connectivity index (χ1v) is 8.89. The van der Waals surface area contributed by atoms with Crippen molar-refractivity contribution in [2.24, 2.45) is 0 Å². The lowest BCUT2D eigenvalue weighted by Gasteiger charge is -2.13. The summed E-state index contributed by atoms with van der Waals surface area (Å²) in [6.07, 6.45) is -0.0334. The van der Waals surface area contributed by atoms with Crippen molar-refractivity contribution in [3.63, 3.8) is 0 Å². The number of imide groups is 1. The van der Waals surface area contributed by atoms with Gasteiger partial charge in [-0.15, -0.1) is 0 Å². The predicted octanol–water partition coefficient (Wildman–Crippen LogP) is 2.24. The van der Waals surface area contributed by atoms with E-state index in [1.54, 1.807) is 36.4 Å². The minimum atomic E-state index is -0.407. The summed E-state index contributed by atoms with van der Waals surface area (Å²) >= 11 is 3.28. The second kappa shape index (κ2) is 6.51. The SMILES string of the molecule is O=C(CCN1C(=O)c2ccc(Br)cc2C1=O)Nc1ccc2[nH]c(=O)[nH]c2c1. The molecule has 2 heterocycles. The van der Waals surface area contributed by atoms with Gasteiger partial charge in [0.1, 0.15) is 0 Å². The number of hydrogen-bond acceptors (Lipinski definition) is 4. The molecule has 0 saturated carbocycles. The summed E-state index contributed by atoms with van der Waals surface area (Å²) in [7, 11) is 0. The minimum Gasteiger partial charge on any atom is -0.326 e. The van der Waals surface area contributed by atoms with Gasteiger partial charge in [0, 0.05) is 23.1 Å². The fourth-order valence-electron chi connectivity index (χ4n) is 3.01. The molecule has 0 aliphatic carbocycles. The molecule has 3 amide bonds. The molecule has 0 fully saturated rings. The van der Waals surface area contributed by atoms with Crippen LogP contribution in [-0.4, -0.2) is 39.1 Å². The van der Waals surface area contributed by atoms with Crippen LogP contribution < -0.4 is 11.0 Å². The molecule has 3 aromatic rings. The molecule has 1 aromatic heterocycles. The number of carbonyl (C=O) groups excluding carboxylic acids is 3. The normalized spacial score (nSPS) is 13.3. The molecule has 1 aliphatic rings. The van der Waals surface area contributed by atoms with Crippen molar-refractivity contribution in [2.45, 2.75) is 6.42 Å². The average molecular weight is 429 g/mol. The van der Waals surface area contributed by atoms with E-state index in [0.717, 1.165) is 4.90 Å². The first-order valence-electron chi connectivity index (χ1n) is 8.10. The van der Waals surface area contributed by atoms with Crippen LogP contribution >= 0.6 is 15.9 Å². The van der Waals surface area contributed by atoms with Gasteiger partial charge in [-0.2, -0.15) is 0 Å². The molecule has 9 heteroatoms. The molecule has 1 aliphatic heterocycles. The minimum absolute atomic E-state index is 0.0148. The van der Waals surface area contributed by atoms with Gasteiger partial charge in [-0.3, -0.25) is 19.3 Å². The van der Waals surface area contributed by atoms with Gasteiger partial charge in [0.15, 0.2) is 0 Å². The fourth-order valence-corrected chi connectivity index (χ4v) is 3.37. The smallest absolute Gasteiger partial charge is 0.323 e. The van der Waals surface area contributed by atoms with Crippen LogP contribution in [0.5, 0.6) is 0 Å². The monoisotopic (exact) mass is 428 g/mol. The molecule has 27 heavy (non-hydrogen) atoms. The van der Waals surface area contributed by atoms with Crippen molar-refractivity contribution in [3.05, 3.63) is 62.5 Å². The van der Waals surface area contributed by atoms with Gasteiger partial charge in [0.25, 0.3) is 11.8 Å². The van der Waals surface area contributed by atoms with Crippen LogP contribution in [0.1, 0.15) is 27.1 Å². The van der Waals surface area contributed by atoms with E-state index in [-0.39, 0.29) is 24.6 Å². The quantitative estimate of drug-likeness (QED) is 0.552. The second-order valence-corrected chi connectivity index (χ2v) is 7.01. The molecule has 4 rings (SSSR count). The van der Waals surface area contributed by atoms with Crippen LogP contribution in [0.15, 0.2) is 45.7 Å². The number of imidazole rings is 1. The predicted molar refractivity (Wildman–Crippen MR) is 102 cm³/mol. The topological polar surface area (TPSA) is 115 Å². The van der Waals surface area contributed by atoms with Crippen LogP contribution in [0, 0.1) is 0 Å². The van der Waals surface area contributed by atoms with E-state index < -0.39 is 11.8 Å². The summed E-state index contributed by atoms with van der Waals surface area (Å²) in [6.45, 7) is -0.0148. The zero-order valence-corrected chi connectivity index (χ0v) is 15.4. The van der Waals surface area contributed by atoms with Gasteiger partial charge in [0.2, 0.25) is 5.91 Å². The van der Waals surface area contributed by atoms with E-state index in [1.165, 1.54) is 0 Å². The van der Waals surface area contributed by atoms with E-state index in [0.29, 0.717) is 32.3 Å². The Bertz CT molecular complexity index is 1160. The van der Waals surface area contributed by atoms with Gasteiger partial charge in [-0.1, -0.05) is 15.9 Å². The van der Waals surface area contributed by atoms with Crippen LogP contribution in [0.3, 0.4) is 0 Å². The van der Waals surface area contributed by atoms with Crippen molar-refractivity contribution in [2.75, 3.05) is 11.9 Å². The Hall–Kier alpha value is -3.20. The van der Waals surface area contributed by atoms with Gasteiger partial charge >= 0.3 is 5.69 Å². The number of rotatable bonds is 4. The number of hydrogen-bond donors (Lipinski definition) is 3. The van der Waals surface area contributed by atoms with Crippen molar-refractivity contribution in [3.8, 4) is 0 Å². The van der Waals surface area contributed by atoms with E-state index in [1.807, 2.05) is 0 Å². The molecular formula is C18H13BrN4O4. The van der Waals surface area contributed by atoms with E-state index in [2.05, 4.69) is 31.2 Å². The van der Waals surface area contributed by atoms with Crippen molar-refractivity contribution in [1.29, 1.82) is 0 Å². The highest BCUT2D eigenvalue weighted by Gasteiger charge is 2.35. The maximum atomic E-state index is 12.4. The number of aromatic nitrogens is 2. The van der Waals surface area contributed by atoms with Crippen LogP contribution in [0.25, 0.3) is 11.0 Å². The summed E-state index contributed by atoms with van der Waals surface area (Å²) in [5.74, 6) is -1.15. The summed E-state index contributed by atoms with van der Waals surface area (Å²) in [4.78, 5) is 54.5. The molecule has 3 N–H and O–H groups in total. The number of nitrogens with one attached hydrogen (secondary N) is 3. The number of nitrogens with zero attached hydrogens (tertiary/aromatic N) is 1. The summed E-state index contributed by atoms with van der Waals surface area (Å²) < 4.78 is 0.709. The first-order chi connectivity index (χ1) is 12.9. The average Bonchev–Trinajstić information content (AvgIpc) is 3.10. The molecule has 2 aromatic carbocycles. The number of halogens is 1. The van der Waals surface area contributed by atoms with Crippen molar-refractivity contribution in [1.82, 2.24) is 14.9 Å². The number of anilines is 1. The fraction of sp³-hybridized carbons (Fsp3) is 0.111. The maximum absolute atomic E-state index is 12.4. The Labute approximate surface area is 160 Å². The van der Waals surface area contributed by atoms with E-state index in [9.17, 15) is 19.2 Å². The molecule has 0 saturated heterocycles. The molecular weight excluding hydrogens is 416 g/mol. The Morgan fingerprint density at radius 3 is 2.52 bits per heavy atom. The highest BCUT2D eigenvalue weighted by molar-refractivity contribution is 9.10. The highest BCUT2D eigenvalue weighted by Crippen LogP contribution is 2.26. The summed E-state index contributed by atoms with van der Waals surface area (Å²) in [6, 6.07) is 9.84. The summed E-state index contributed by atoms with van der Waals surface area (Å²) in [5.41, 5.74) is 2.06. The molecule has 0 unspecified atom stereocenters. The lowest BCUT2D eigenvalue weighted by molar-refractivity contribution is -0.116. The second-order valence-electron chi connectivity index (χ2n) is 6.09. The number of fused-ring (bicyclic) bond motifs is 2. The Morgan fingerprint density at radius 2 is 1.70 bits per heavy atom. The Balaban J connectivity index is 1.42. The lowest BCUT2D eigenvalue weighted by atomic mass is 10.1. The maximum Gasteiger partial charge on any atom is 0.323 e. The molecule has 0 atom stereocenters. The van der Waals surface area contributed by atoms with Crippen LogP contribution in [0.4, 0.5) is 5.69 Å². The number of amides is 3. The zero-order valence-electron chi connectivity index (χ0n) is 13.8. The molecule has 8 nitrogen and oxygen atoms in total. The molecule has 0 radical (unpaired) electrons. The molecule has 0 bridgehead atoms. The van der Waals surface area contributed by atoms with Crippen molar-refractivity contribution < 1.29 is 14.4 Å². The van der Waals surface area contributed by atoms with Gasteiger partial charge in [-0.05, 0) is 36.4 Å². The van der Waals surface area contributed by atoms with Gasteiger partial charge in [-0.25, -0.2) is 4.79 Å². The standard InChI is InChI=1S/C18H13BrN4O4/c19-9-1-3-11-12(7-9)17(26)23(16(11)25)6-5-15(24)20-10-2-4-13-14(8-10)22-18(27)21-13/h1-4,7-8H,5-6H2,(H,20,24)(H2,21,22,27). The third kappa shape index (κ3) is 3.17. The highest BCUT2D eigenvalue weighted by atomic mass is 79.9. The number of H-pyrrole nitrogens is 2. The van der Waals surface area contributed by atoms with Crippen LogP contribution in [0.2, 0.25) is 0 Å². The van der Waals surface area contributed by atoms with Gasteiger partial charge in [0.05, 0.1) is 22.2 Å². The number of aromatic amines is 2. The molecule has 136 valence electrons. The number of carbonyl (C=O) groups is 3. The third-order valence-electron chi connectivity index (χ3n) is 4.29. The molecule has 0 spiro atoms. The van der Waals surface area contributed by atoms with Crippen molar-refractivity contribution >= 4 is 50.4 Å². The third-order valence-corrected chi connectivity index (χ3v) is 4.79. The lowest BCUT2D eigenvalue weighted by Crippen LogP contribution is -2.32. The van der Waals surface area contributed by atoms with E-state index in [4.69, 9.17) is 0 Å². The first kappa shape index (κ1) is 17.2. The number of benzene rings is 2. The largest absolute Gasteiger partial charge is 0.326 e. The Morgan fingerprint density at radius 1 is 0.963 bits per heavy atom. The van der Waals surface area contributed by atoms with Crippen LogP contribution in [-0.2, 0) is 4.79 Å². The summed E-state index contributed by atoms with van der Waals surface area (Å²) in [5, 5.41) is 2.70.